The summed E-state index contributed by atoms with van der Waals surface area (Å²) < 4.78 is 27.4. The van der Waals surface area contributed by atoms with Crippen LogP contribution in [0.4, 0.5) is 8.78 Å². The summed E-state index contributed by atoms with van der Waals surface area (Å²) in [5, 5.41) is 3.32. The normalized spacial score (nSPS) is 12.3. The smallest absolute Gasteiger partial charge is 0.128 e. The molecule has 0 saturated carbocycles. The first-order chi connectivity index (χ1) is 10.2. The average Bonchev–Trinajstić information content (AvgIpc) is 2.51. The lowest BCUT2D eigenvalue weighted by Gasteiger charge is -2.20. The lowest BCUT2D eigenvalue weighted by atomic mass is 9.98. The van der Waals surface area contributed by atoms with E-state index in [1.807, 2.05) is 18.2 Å². The molecule has 0 bridgehead atoms. The summed E-state index contributed by atoms with van der Waals surface area (Å²) in [5.74, 6) is -0.743. The van der Waals surface area contributed by atoms with E-state index in [-0.39, 0.29) is 11.9 Å². The van der Waals surface area contributed by atoms with E-state index in [9.17, 15) is 8.78 Å². The van der Waals surface area contributed by atoms with Gasteiger partial charge in [0.05, 0.1) is 0 Å². The van der Waals surface area contributed by atoms with Gasteiger partial charge in [0.15, 0.2) is 0 Å². The summed E-state index contributed by atoms with van der Waals surface area (Å²) in [6.07, 6.45) is 2.53. The molecule has 1 unspecified atom stereocenters. The van der Waals surface area contributed by atoms with Crippen LogP contribution in [0.5, 0.6) is 0 Å². The van der Waals surface area contributed by atoms with E-state index in [1.54, 1.807) is 0 Å². The SMILES string of the molecule is CCCNC(CCc1ccccc1)c1cc(F)ccc1F. The number of hydrogen-bond donors (Lipinski definition) is 1. The predicted octanol–water partition coefficient (Wildman–Crippen LogP) is 4.64. The van der Waals surface area contributed by atoms with E-state index in [4.69, 9.17) is 0 Å². The highest BCUT2D eigenvalue weighted by atomic mass is 19.1. The zero-order chi connectivity index (χ0) is 15.1. The molecule has 0 aliphatic carbocycles. The maximum atomic E-state index is 14.0. The third kappa shape index (κ3) is 4.64. The van der Waals surface area contributed by atoms with Crippen LogP contribution in [0.1, 0.15) is 36.9 Å². The fourth-order valence-electron chi connectivity index (χ4n) is 2.42. The second-order valence-electron chi connectivity index (χ2n) is 5.20. The van der Waals surface area contributed by atoms with Crippen LogP contribution in [0.2, 0.25) is 0 Å². The molecule has 0 aliphatic rings. The van der Waals surface area contributed by atoms with Crippen LogP contribution >= 0.6 is 0 Å². The van der Waals surface area contributed by atoms with Crippen LogP contribution < -0.4 is 5.32 Å². The number of benzene rings is 2. The topological polar surface area (TPSA) is 12.0 Å². The Bertz CT molecular complexity index is 554. The maximum absolute atomic E-state index is 14.0. The first-order valence-electron chi connectivity index (χ1n) is 7.43. The van der Waals surface area contributed by atoms with Crippen LogP contribution in [-0.4, -0.2) is 6.54 Å². The lowest BCUT2D eigenvalue weighted by molar-refractivity contribution is 0.469. The van der Waals surface area contributed by atoms with Gasteiger partial charge in [0.1, 0.15) is 11.6 Å². The van der Waals surface area contributed by atoms with Crippen molar-refractivity contribution in [1.82, 2.24) is 5.32 Å². The molecule has 3 heteroatoms. The molecular weight excluding hydrogens is 268 g/mol. The number of halogens is 2. The van der Waals surface area contributed by atoms with Crippen molar-refractivity contribution in [1.29, 1.82) is 0 Å². The number of hydrogen-bond acceptors (Lipinski definition) is 1. The number of nitrogens with one attached hydrogen (secondary N) is 1. The summed E-state index contributed by atoms with van der Waals surface area (Å²) in [6.45, 7) is 2.85. The monoisotopic (exact) mass is 289 g/mol. The third-order valence-corrected chi connectivity index (χ3v) is 3.54. The van der Waals surface area contributed by atoms with Gasteiger partial charge in [-0.25, -0.2) is 8.78 Å². The van der Waals surface area contributed by atoms with Gasteiger partial charge in [0.2, 0.25) is 0 Å². The number of aryl methyl sites for hydroxylation is 1. The highest BCUT2D eigenvalue weighted by Crippen LogP contribution is 2.23. The van der Waals surface area contributed by atoms with Gasteiger partial charge in [-0.2, -0.15) is 0 Å². The lowest BCUT2D eigenvalue weighted by Crippen LogP contribution is -2.23. The summed E-state index contributed by atoms with van der Waals surface area (Å²) in [4.78, 5) is 0. The van der Waals surface area contributed by atoms with Crippen LogP contribution in [-0.2, 0) is 6.42 Å². The molecule has 0 fully saturated rings. The third-order valence-electron chi connectivity index (χ3n) is 3.54. The summed E-state index contributed by atoms with van der Waals surface area (Å²) in [6, 6.07) is 13.6. The summed E-state index contributed by atoms with van der Waals surface area (Å²) >= 11 is 0. The molecule has 1 nitrogen and oxygen atoms in total. The van der Waals surface area contributed by atoms with Gasteiger partial charge in [0.25, 0.3) is 0 Å². The van der Waals surface area contributed by atoms with Crippen molar-refractivity contribution in [2.45, 2.75) is 32.2 Å². The molecular formula is C18H21F2N. The molecule has 2 aromatic rings. The van der Waals surface area contributed by atoms with Gasteiger partial charge in [-0.3, -0.25) is 0 Å². The van der Waals surface area contributed by atoms with Crippen LogP contribution in [0.3, 0.4) is 0 Å². The fraction of sp³-hybridized carbons (Fsp3) is 0.333. The Balaban J connectivity index is 2.12. The van der Waals surface area contributed by atoms with Gasteiger partial charge in [-0.1, -0.05) is 37.3 Å². The van der Waals surface area contributed by atoms with Gasteiger partial charge >= 0.3 is 0 Å². The summed E-state index contributed by atoms with van der Waals surface area (Å²) in [7, 11) is 0. The van der Waals surface area contributed by atoms with Crippen molar-refractivity contribution in [2.75, 3.05) is 6.54 Å². The largest absolute Gasteiger partial charge is 0.310 e. The zero-order valence-corrected chi connectivity index (χ0v) is 12.3. The predicted molar refractivity (Wildman–Crippen MR) is 82.2 cm³/mol. The van der Waals surface area contributed by atoms with Crippen molar-refractivity contribution in [3.05, 3.63) is 71.3 Å². The molecule has 0 aliphatic heterocycles. The standard InChI is InChI=1S/C18H21F2N/c1-2-12-21-18(11-8-14-6-4-3-5-7-14)16-13-15(19)9-10-17(16)20/h3-7,9-10,13,18,21H,2,8,11-12H2,1H3. The molecule has 0 radical (unpaired) electrons. The van der Waals surface area contributed by atoms with Crippen LogP contribution in [0, 0.1) is 11.6 Å². The van der Waals surface area contributed by atoms with Crippen molar-refractivity contribution in [3.63, 3.8) is 0 Å². The van der Waals surface area contributed by atoms with E-state index in [2.05, 4.69) is 24.4 Å². The Kier molecular flexibility index (Phi) is 5.88. The van der Waals surface area contributed by atoms with E-state index >= 15 is 0 Å². The second-order valence-corrected chi connectivity index (χ2v) is 5.20. The first-order valence-corrected chi connectivity index (χ1v) is 7.43. The van der Waals surface area contributed by atoms with Crippen molar-refractivity contribution in [2.24, 2.45) is 0 Å². The van der Waals surface area contributed by atoms with Crippen molar-refractivity contribution < 1.29 is 8.78 Å². The molecule has 0 spiro atoms. The van der Waals surface area contributed by atoms with Gasteiger partial charge < -0.3 is 5.32 Å². The minimum absolute atomic E-state index is 0.166. The average molecular weight is 289 g/mol. The molecule has 0 saturated heterocycles. The Morgan fingerprint density at radius 1 is 1.05 bits per heavy atom. The highest BCUT2D eigenvalue weighted by Gasteiger charge is 2.16. The Hall–Kier alpha value is -1.74. The van der Waals surface area contributed by atoms with Gasteiger partial charge in [-0.05, 0) is 49.6 Å². The summed E-state index contributed by atoms with van der Waals surface area (Å²) in [5.41, 5.74) is 1.62. The molecule has 112 valence electrons. The molecule has 1 N–H and O–H groups in total. The number of rotatable bonds is 7. The molecule has 0 amide bonds. The quantitative estimate of drug-likeness (QED) is 0.783. The zero-order valence-electron chi connectivity index (χ0n) is 12.3. The van der Waals surface area contributed by atoms with Crippen LogP contribution in [0.25, 0.3) is 0 Å². The van der Waals surface area contributed by atoms with Crippen molar-refractivity contribution in [3.8, 4) is 0 Å². The molecule has 21 heavy (non-hydrogen) atoms. The second kappa shape index (κ2) is 7.89. The molecule has 0 heterocycles. The Morgan fingerprint density at radius 3 is 2.52 bits per heavy atom. The van der Waals surface area contributed by atoms with Crippen molar-refractivity contribution >= 4 is 0 Å². The molecule has 2 aromatic carbocycles. The minimum atomic E-state index is -0.394. The molecule has 2 rings (SSSR count). The molecule has 0 aromatic heterocycles. The first kappa shape index (κ1) is 15.6. The molecule has 1 atom stereocenters. The van der Waals surface area contributed by atoms with E-state index in [1.165, 1.54) is 17.7 Å². The van der Waals surface area contributed by atoms with E-state index in [0.29, 0.717) is 5.56 Å². The highest BCUT2D eigenvalue weighted by molar-refractivity contribution is 5.23. The Morgan fingerprint density at radius 2 is 1.81 bits per heavy atom. The maximum Gasteiger partial charge on any atom is 0.128 e. The van der Waals surface area contributed by atoms with Gasteiger partial charge in [0, 0.05) is 11.6 Å². The van der Waals surface area contributed by atoms with Crippen LogP contribution in [0.15, 0.2) is 48.5 Å². The fourth-order valence-corrected chi connectivity index (χ4v) is 2.42. The Labute approximate surface area is 125 Å². The minimum Gasteiger partial charge on any atom is -0.310 e. The van der Waals surface area contributed by atoms with E-state index in [0.717, 1.165) is 31.9 Å². The van der Waals surface area contributed by atoms with Gasteiger partial charge in [-0.15, -0.1) is 0 Å². The van der Waals surface area contributed by atoms with E-state index < -0.39 is 5.82 Å².